The van der Waals surface area contributed by atoms with E-state index in [9.17, 15) is 23.1 Å². The van der Waals surface area contributed by atoms with E-state index in [2.05, 4.69) is 10.3 Å². The molecule has 0 bridgehead atoms. The number of hydrogen-bond acceptors (Lipinski definition) is 4. The molecular formula is C16H21ClF3N3O2. The summed E-state index contributed by atoms with van der Waals surface area (Å²) in [5.41, 5.74) is -1.90. The molecule has 25 heavy (non-hydrogen) atoms. The molecule has 9 heteroatoms. The van der Waals surface area contributed by atoms with Gasteiger partial charge in [0.2, 0.25) is 5.91 Å². The zero-order valence-electron chi connectivity index (χ0n) is 14.0. The maximum absolute atomic E-state index is 12.6. The summed E-state index contributed by atoms with van der Waals surface area (Å²) >= 11 is 5.81. The number of alkyl halides is 3. The van der Waals surface area contributed by atoms with Crippen LogP contribution in [-0.2, 0) is 11.0 Å². The Hall–Kier alpha value is -1.54. The topological polar surface area (TPSA) is 65.5 Å². The summed E-state index contributed by atoms with van der Waals surface area (Å²) in [5.74, 6) is -0.0249. The van der Waals surface area contributed by atoms with Crippen LogP contribution in [0.2, 0.25) is 5.02 Å². The lowest BCUT2D eigenvalue weighted by Gasteiger charge is -2.34. The van der Waals surface area contributed by atoms with Crippen molar-refractivity contribution >= 4 is 23.3 Å². The van der Waals surface area contributed by atoms with Crippen LogP contribution in [0, 0.1) is 0 Å². The number of carbonyl (C=O) groups is 1. The smallest absolute Gasteiger partial charge is 0.388 e. The van der Waals surface area contributed by atoms with E-state index in [1.54, 1.807) is 18.7 Å². The number of nitrogens with zero attached hydrogens (tertiary/aromatic N) is 2. The second kappa shape index (κ2) is 7.37. The van der Waals surface area contributed by atoms with Crippen LogP contribution >= 0.6 is 11.6 Å². The summed E-state index contributed by atoms with van der Waals surface area (Å²) < 4.78 is 37.7. The number of amides is 1. The van der Waals surface area contributed by atoms with Crippen molar-refractivity contribution in [1.82, 2.24) is 9.88 Å². The highest BCUT2D eigenvalue weighted by molar-refractivity contribution is 6.32. The number of rotatable bonds is 5. The number of aromatic nitrogens is 1. The van der Waals surface area contributed by atoms with Crippen LogP contribution in [0.3, 0.4) is 0 Å². The van der Waals surface area contributed by atoms with Crippen molar-refractivity contribution < 1.29 is 23.1 Å². The number of hydrogen-bond donors (Lipinski definition) is 2. The summed E-state index contributed by atoms with van der Waals surface area (Å²) in [6.07, 6.45) is -2.10. The third-order valence-electron chi connectivity index (χ3n) is 4.19. The van der Waals surface area contributed by atoms with Crippen LogP contribution < -0.4 is 5.32 Å². The molecule has 1 aliphatic heterocycles. The standard InChI is InChI=1S/C16H21ClF3N3O2/c1-15(2,25)12-4-3-7-23(12)13(24)5-6-21-14-11(17)8-10(9-22-14)16(18,19)20/h8-9,12,25H,3-7H2,1-2H3,(H,21,22). The van der Waals surface area contributed by atoms with Crippen LogP contribution in [0.1, 0.15) is 38.7 Å². The Balaban J connectivity index is 1.91. The first-order valence-electron chi connectivity index (χ1n) is 7.98. The molecule has 0 radical (unpaired) electrons. The van der Waals surface area contributed by atoms with Gasteiger partial charge in [-0.15, -0.1) is 0 Å². The number of pyridine rings is 1. The van der Waals surface area contributed by atoms with Crippen LogP contribution in [0.25, 0.3) is 0 Å². The summed E-state index contributed by atoms with van der Waals surface area (Å²) in [5, 5.41) is 12.8. The predicted octanol–water partition coefficient (Wildman–Crippen LogP) is 3.32. The van der Waals surface area contributed by atoms with Crippen LogP contribution in [-0.4, -0.2) is 45.6 Å². The lowest BCUT2D eigenvalue weighted by atomic mass is 9.96. The van der Waals surface area contributed by atoms with E-state index in [-0.39, 0.29) is 35.8 Å². The largest absolute Gasteiger partial charge is 0.417 e. The minimum Gasteiger partial charge on any atom is -0.388 e. The SMILES string of the molecule is CC(C)(O)C1CCCN1C(=O)CCNc1ncc(C(F)(F)F)cc1Cl. The Morgan fingerprint density at radius 2 is 2.16 bits per heavy atom. The lowest BCUT2D eigenvalue weighted by molar-refractivity contribution is -0.138. The highest BCUT2D eigenvalue weighted by atomic mass is 35.5. The third kappa shape index (κ3) is 4.98. The van der Waals surface area contributed by atoms with E-state index in [1.807, 2.05) is 0 Å². The van der Waals surface area contributed by atoms with Crippen molar-refractivity contribution in [2.75, 3.05) is 18.4 Å². The molecule has 1 aromatic heterocycles. The van der Waals surface area contributed by atoms with Gasteiger partial charge in [-0.05, 0) is 32.8 Å². The highest BCUT2D eigenvalue weighted by Gasteiger charge is 2.38. The van der Waals surface area contributed by atoms with Crippen LogP contribution in [0.15, 0.2) is 12.3 Å². The van der Waals surface area contributed by atoms with E-state index in [0.717, 1.165) is 18.9 Å². The fourth-order valence-electron chi connectivity index (χ4n) is 2.95. The van der Waals surface area contributed by atoms with Gasteiger partial charge in [0.25, 0.3) is 0 Å². The van der Waals surface area contributed by atoms with Crippen LogP contribution in [0.5, 0.6) is 0 Å². The lowest BCUT2D eigenvalue weighted by Crippen LogP contribution is -2.48. The van der Waals surface area contributed by atoms with E-state index in [0.29, 0.717) is 12.7 Å². The predicted molar refractivity (Wildman–Crippen MR) is 88.4 cm³/mol. The van der Waals surface area contributed by atoms with Gasteiger partial charge in [0.1, 0.15) is 5.82 Å². The Labute approximate surface area is 149 Å². The van der Waals surface area contributed by atoms with Gasteiger partial charge in [-0.3, -0.25) is 4.79 Å². The van der Waals surface area contributed by atoms with Crippen molar-refractivity contribution in [3.63, 3.8) is 0 Å². The van der Waals surface area contributed by atoms with E-state index in [4.69, 9.17) is 11.6 Å². The zero-order valence-corrected chi connectivity index (χ0v) is 14.8. The first-order chi connectivity index (χ1) is 11.5. The van der Waals surface area contributed by atoms with Crippen molar-refractivity contribution in [3.8, 4) is 0 Å². The molecule has 1 unspecified atom stereocenters. The minimum atomic E-state index is -4.51. The Bertz CT molecular complexity index is 632. The zero-order chi connectivity index (χ0) is 18.8. The highest BCUT2D eigenvalue weighted by Crippen LogP contribution is 2.32. The molecule has 2 rings (SSSR count). The number of nitrogens with one attached hydrogen (secondary N) is 1. The Morgan fingerprint density at radius 3 is 2.72 bits per heavy atom. The number of anilines is 1. The number of likely N-dealkylation sites (tertiary alicyclic amines) is 1. The molecule has 5 nitrogen and oxygen atoms in total. The summed E-state index contributed by atoms with van der Waals surface area (Å²) in [6.45, 7) is 4.12. The first kappa shape index (κ1) is 19.8. The molecule has 1 aromatic rings. The molecule has 2 N–H and O–H groups in total. The molecule has 1 aliphatic rings. The number of halogens is 4. The second-order valence-corrected chi connectivity index (χ2v) is 7.03. The average Bonchev–Trinajstić information content (AvgIpc) is 2.97. The molecule has 0 saturated carbocycles. The van der Waals surface area contributed by atoms with Crippen molar-refractivity contribution in [2.24, 2.45) is 0 Å². The number of aliphatic hydroxyl groups is 1. The van der Waals surface area contributed by atoms with Gasteiger partial charge in [0.15, 0.2) is 0 Å². The molecular weight excluding hydrogens is 359 g/mol. The molecule has 2 heterocycles. The van der Waals surface area contributed by atoms with Gasteiger partial charge in [0, 0.05) is 25.7 Å². The average molecular weight is 380 g/mol. The third-order valence-corrected chi connectivity index (χ3v) is 4.48. The van der Waals surface area contributed by atoms with Gasteiger partial charge < -0.3 is 15.3 Å². The minimum absolute atomic E-state index is 0.0999. The summed E-state index contributed by atoms with van der Waals surface area (Å²) in [6, 6.07) is 0.566. The van der Waals surface area contributed by atoms with Gasteiger partial charge in [-0.1, -0.05) is 11.6 Å². The maximum atomic E-state index is 12.6. The molecule has 0 spiro atoms. The molecule has 1 atom stereocenters. The quantitative estimate of drug-likeness (QED) is 0.823. The van der Waals surface area contributed by atoms with E-state index < -0.39 is 17.3 Å². The first-order valence-corrected chi connectivity index (χ1v) is 8.36. The maximum Gasteiger partial charge on any atom is 0.417 e. The molecule has 0 aromatic carbocycles. The molecule has 1 saturated heterocycles. The molecule has 1 amide bonds. The monoisotopic (exact) mass is 379 g/mol. The molecule has 140 valence electrons. The van der Waals surface area contributed by atoms with Crippen molar-refractivity contribution in [2.45, 2.75) is 50.9 Å². The van der Waals surface area contributed by atoms with Gasteiger partial charge in [-0.2, -0.15) is 13.2 Å². The summed E-state index contributed by atoms with van der Waals surface area (Å²) in [7, 11) is 0. The fraction of sp³-hybridized carbons (Fsp3) is 0.625. The molecule has 1 fully saturated rings. The van der Waals surface area contributed by atoms with Gasteiger partial charge in [0.05, 0.1) is 22.2 Å². The van der Waals surface area contributed by atoms with Crippen LogP contribution in [0.4, 0.5) is 19.0 Å². The Morgan fingerprint density at radius 1 is 1.48 bits per heavy atom. The van der Waals surface area contributed by atoms with E-state index in [1.165, 1.54) is 0 Å². The normalized spacial score (nSPS) is 18.5. The second-order valence-electron chi connectivity index (χ2n) is 6.63. The Kier molecular flexibility index (Phi) is 5.83. The van der Waals surface area contributed by atoms with Gasteiger partial charge >= 0.3 is 6.18 Å². The molecule has 0 aliphatic carbocycles. The van der Waals surface area contributed by atoms with Crippen molar-refractivity contribution in [1.29, 1.82) is 0 Å². The fourth-order valence-corrected chi connectivity index (χ4v) is 3.19. The van der Waals surface area contributed by atoms with Crippen molar-refractivity contribution in [3.05, 3.63) is 22.8 Å². The summed E-state index contributed by atoms with van der Waals surface area (Å²) in [4.78, 5) is 17.7. The number of carbonyl (C=O) groups excluding carboxylic acids is 1. The van der Waals surface area contributed by atoms with Gasteiger partial charge in [-0.25, -0.2) is 4.98 Å². The van der Waals surface area contributed by atoms with E-state index >= 15 is 0 Å².